The minimum Gasteiger partial charge on any atom is -0.493 e. The topological polar surface area (TPSA) is 39.1 Å². The van der Waals surface area contributed by atoms with Crippen molar-refractivity contribution in [3.05, 3.63) is 47.8 Å². The molecule has 1 aromatic carbocycles. The molecular weight excluding hydrogens is 226 g/mol. The van der Waals surface area contributed by atoms with Crippen LogP contribution >= 0.6 is 0 Å². The SMILES string of the molecule is CNCc1ccn(CC2COc3ccccc32)n1. The second-order valence-electron chi connectivity index (χ2n) is 4.61. The molecule has 0 bridgehead atoms. The highest BCUT2D eigenvalue weighted by molar-refractivity contribution is 5.39. The summed E-state index contributed by atoms with van der Waals surface area (Å²) < 4.78 is 7.69. The van der Waals surface area contributed by atoms with Gasteiger partial charge in [-0.05, 0) is 19.2 Å². The van der Waals surface area contributed by atoms with Crippen molar-refractivity contribution in [2.75, 3.05) is 13.7 Å². The van der Waals surface area contributed by atoms with Crippen LogP contribution in [-0.4, -0.2) is 23.4 Å². The van der Waals surface area contributed by atoms with E-state index < -0.39 is 0 Å². The van der Waals surface area contributed by atoms with E-state index in [-0.39, 0.29) is 0 Å². The standard InChI is InChI=1S/C14H17N3O/c1-15-8-12-6-7-17(16-12)9-11-10-18-14-5-3-2-4-13(11)14/h2-7,11,15H,8-10H2,1H3. The zero-order valence-electron chi connectivity index (χ0n) is 10.5. The number of hydrogen-bond acceptors (Lipinski definition) is 3. The molecule has 1 atom stereocenters. The Morgan fingerprint density at radius 3 is 3.17 bits per heavy atom. The van der Waals surface area contributed by atoms with Crippen LogP contribution < -0.4 is 10.1 Å². The number of hydrogen-bond donors (Lipinski definition) is 1. The van der Waals surface area contributed by atoms with Crippen molar-refractivity contribution in [1.29, 1.82) is 0 Å². The van der Waals surface area contributed by atoms with Gasteiger partial charge in [-0.25, -0.2) is 0 Å². The van der Waals surface area contributed by atoms with E-state index in [1.807, 2.05) is 30.1 Å². The Hall–Kier alpha value is -1.81. The Morgan fingerprint density at radius 2 is 2.28 bits per heavy atom. The largest absolute Gasteiger partial charge is 0.493 e. The van der Waals surface area contributed by atoms with Crippen LogP contribution in [0.25, 0.3) is 0 Å². The molecule has 18 heavy (non-hydrogen) atoms. The molecule has 1 N–H and O–H groups in total. The molecule has 0 aliphatic carbocycles. The van der Waals surface area contributed by atoms with Gasteiger partial charge in [0.05, 0.1) is 18.8 Å². The van der Waals surface area contributed by atoms with Gasteiger partial charge in [-0.3, -0.25) is 4.68 Å². The van der Waals surface area contributed by atoms with E-state index in [0.29, 0.717) is 5.92 Å². The molecule has 2 heterocycles. The molecule has 94 valence electrons. The summed E-state index contributed by atoms with van der Waals surface area (Å²) in [6.07, 6.45) is 2.04. The fraction of sp³-hybridized carbons (Fsp3) is 0.357. The quantitative estimate of drug-likeness (QED) is 0.889. The number of fused-ring (bicyclic) bond motifs is 1. The molecule has 1 aromatic heterocycles. The summed E-state index contributed by atoms with van der Waals surface area (Å²) in [7, 11) is 1.93. The first kappa shape index (κ1) is 11.3. The Balaban J connectivity index is 1.73. The summed E-state index contributed by atoms with van der Waals surface area (Å²) in [5.74, 6) is 1.42. The molecule has 0 saturated carbocycles. The Labute approximate surface area is 107 Å². The van der Waals surface area contributed by atoms with Crippen molar-refractivity contribution in [1.82, 2.24) is 15.1 Å². The minimum atomic E-state index is 0.406. The summed E-state index contributed by atoms with van der Waals surface area (Å²) in [4.78, 5) is 0. The average molecular weight is 243 g/mol. The predicted octanol–water partition coefficient (Wildman–Crippen LogP) is 1.78. The maximum atomic E-state index is 5.68. The van der Waals surface area contributed by atoms with Gasteiger partial charge in [-0.1, -0.05) is 18.2 Å². The average Bonchev–Trinajstić information content (AvgIpc) is 2.99. The minimum absolute atomic E-state index is 0.406. The summed E-state index contributed by atoms with van der Waals surface area (Å²) in [6, 6.07) is 10.3. The zero-order chi connectivity index (χ0) is 12.4. The number of ether oxygens (including phenoxy) is 1. The first-order chi connectivity index (χ1) is 8.86. The van der Waals surface area contributed by atoms with Gasteiger partial charge in [0.2, 0.25) is 0 Å². The van der Waals surface area contributed by atoms with Crippen LogP contribution in [0.2, 0.25) is 0 Å². The van der Waals surface area contributed by atoms with Crippen molar-refractivity contribution >= 4 is 0 Å². The number of nitrogens with one attached hydrogen (secondary N) is 1. The number of para-hydroxylation sites is 1. The maximum Gasteiger partial charge on any atom is 0.122 e. The highest BCUT2D eigenvalue weighted by atomic mass is 16.5. The van der Waals surface area contributed by atoms with E-state index >= 15 is 0 Å². The van der Waals surface area contributed by atoms with Gasteiger partial charge in [0.25, 0.3) is 0 Å². The lowest BCUT2D eigenvalue weighted by Gasteiger charge is -2.08. The normalized spacial score (nSPS) is 17.5. The fourth-order valence-electron chi connectivity index (χ4n) is 2.39. The van der Waals surface area contributed by atoms with Gasteiger partial charge in [0.1, 0.15) is 5.75 Å². The summed E-state index contributed by atoms with van der Waals surface area (Å²) >= 11 is 0. The lowest BCUT2D eigenvalue weighted by molar-refractivity contribution is 0.314. The lowest BCUT2D eigenvalue weighted by Crippen LogP contribution is -2.12. The molecular formula is C14H17N3O. The molecule has 0 radical (unpaired) electrons. The summed E-state index contributed by atoms with van der Waals surface area (Å²) in [5.41, 5.74) is 2.37. The zero-order valence-corrected chi connectivity index (χ0v) is 10.5. The van der Waals surface area contributed by atoms with Crippen LogP contribution in [0.3, 0.4) is 0 Å². The molecule has 1 aliphatic heterocycles. The lowest BCUT2D eigenvalue weighted by atomic mass is 10.0. The Bertz CT molecular complexity index is 535. The third-order valence-corrected chi connectivity index (χ3v) is 3.26. The number of aromatic nitrogens is 2. The highest BCUT2D eigenvalue weighted by Gasteiger charge is 2.24. The van der Waals surface area contributed by atoms with Crippen LogP contribution in [0, 0.1) is 0 Å². The van der Waals surface area contributed by atoms with E-state index in [2.05, 4.69) is 28.6 Å². The first-order valence-electron chi connectivity index (χ1n) is 6.25. The van der Waals surface area contributed by atoms with E-state index in [4.69, 9.17) is 4.74 Å². The van der Waals surface area contributed by atoms with Gasteiger partial charge < -0.3 is 10.1 Å². The molecule has 4 heteroatoms. The van der Waals surface area contributed by atoms with E-state index in [0.717, 1.165) is 31.1 Å². The molecule has 1 unspecified atom stereocenters. The molecule has 0 fully saturated rings. The summed E-state index contributed by atoms with van der Waals surface area (Å²) in [5, 5.41) is 7.64. The van der Waals surface area contributed by atoms with E-state index in [1.165, 1.54) is 5.56 Å². The van der Waals surface area contributed by atoms with Crippen LogP contribution in [0.15, 0.2) is 36.5 Å². The third kappa shape index (κ3) is 2.11. The van der Waals surface area contributed by atoms with Gasteiger partial charge in [0, 0.05) is 24.2 Å². The molecule has 0 amide bonds. The Morgan fingerprint density at radius 1 is 1.39 bits per heavy atom. The maximum absolute atomic E-state index is 5.68. The predicted molar refractivity (Wildman–Crippen MR) is 69.7 cm³/mol. The second-order valence-corrected chi connectivity index (χ2v) is 4.61. The van der Waals surface area contributed by atoms with Crippen molar-refractivity contribution in [3.63, 3.8) is 0 Å². The van der Waals surface area contributed by atoms with Gasteiger partial charge in [0.15, 0.2) is 0 Å². The van der Waals surface area contributed by atoms with Gasteiger partial charge in [-0.15, -0.1) is 0 Å². The smallest absolute Gasteiger partial charge is 0.122 e. The molecule has 2 aromatic rings. The first-order valence-corrected chi connectivity index (χ1v) is 6.25. The number of rotatable bonds is 4. The van der Waals surface area contributed by atoms with Crippen LogP contribution in [0.4, 0.5) is 0 Å². The van der Waals surface area contributed by atoms with Crippen molar-refractivity contribution in [2.45, 2.75) is 19.0 Å². The molecule has 0 spiro atoms. The number of nitrogens with zero attached hydrogens (tertiary/aromatic N) is 2. The van der Waals surface area contributed by atoms with Gasteiger partial charge in [-0.2, -0.15) is 5.10 Å². The van der Waals surface area contributed by atoms with Crippen LogP contribution in [0.1, 0.15) is 17.2 Å². The van der Waals surface area contributed by atoms with E-state index in [9.17, 15) is 0 Å². The van der Waals surface area contributed by atoms with E-state index in [1.54, 1.807) is 0 Å². The molecule has 0 saturated heterocycles. The Kier molecular flexibility index (Phi) is 3.02. The molecule has 3 rings (SSSR count). The molecule has 4 nitrogen and oxygen atoms in total. The summed E-state index contributed by atoms with van der Waals surface area (Å²) in [6.45, 7) is 2.44. The van der Waals surface area contributed by atoms with Crippen LogP contribution in [0.5, 0.6) is 5.75 Å². The van der Waals surface area contributed by atoms with Crippen molar-refractivity contribution in [3.8, 4) is 5.75 Å². The van der Waals surface area contributed by atoms with Crippen LogP contribution in [-0.2, 0) is 13.1 Å². The monoisotopic (exact) mass is 243 g/mol. The van der Waals surface area contributed by atoms with Crippen molar-refractivity contribution < 1.29 is 4.74 Å². The van der Waals surface area contributed by atoms with Crippen molar-refractivity contribution in [2.24, 2.45) is 0 Å². The fourth-order valence-corrected chi connectivity index (χ4v) is 2.39. The third-order valence-electron chi connectivity index (χ3n) is 3.26. The molecule has 1 aliphatic rings. The highest BCUT2D eigenvalue weighted by Crippen LogP contribution is 2.34. The van der Waals surface area contributed by atoms with Gasteiger partial charge >= 0.3 is 0 Å². The number of benzene rings is 1. The second kappa shape index (κ2) is 4.82.